The summed E-state index contributed by atoms with van der Waals surface area (Å²) in [6.07, 6.45) is 8.31. The van der Waals surface area contributed by atoms with Gasteiger partial charge >= 0.3 is 11.9 Å². The van der Waals surface area contributed by atoms with Crippen LogP contribution < -0.4 is 0 Å². The zero-order valence-electron chi connectivity index (χ0n) is 17.1. The summed E-state index contributed by atoms with van der Waals surface area (Å²) >= 11 is 0. The average Bonchev–Trinajstić information content (AvgIpc) is 2.52. The van der Waals surface area contributed by atoms with E-state index in [0.29, 0.717) is 11.8 Å². The number of carbonyl (C=O) groups excluding carboxylic acids is 1. The number of ether oxygens (including phenoxy) is 1. The Balaban J connectivity index is 2.35. The van der Waals surface area contributed by atoms with E-state index in [1.54, 1.807) is 0 Å². The van der Waals surface area contributed by atoms with Gasteiger partial charge < -0.3 is 9.84 Å². The Hall–Kier alpha value is -1.58. The molecule has 0 aromatic carbocycles. The third-order valence-electron chi connectivity index (χ3n) is 7.37. The van der Waals surface area contributed by atoms with Gasteiger partial charge in [0.25, 0.3) is 0 Å². The molecule has 0 bridgehead atoms. The molecule has 1 N–H and O–H groups in total. The predicted octanol–water partition coefficient (Wildman–Crippen LogP) is 5.14. The van der Waals surface area contributed by atoms with Crippen LogP contribution >= 0.6 is 0 Å². The average molecular weight is 363 g/mol. The topological polar surface area (TPSA) is 63.6 Å². The smallest absolute Gasteiger partial charge is 0.328 e. The van der Waals surface area contributed by atoms with Crippen LogP contribution in [0.4, 0.5) is 0 Å². The van der Waals surface area contributed by atoms with Crippen LogP contribution in [0.5, 0.6) is 0 Å². The Morgan fingerprint density at radius 2 is 2.00 bits per heavy atom. The summed E-state index contributed by atoms with van der Waals surface area (Å²) < 4.78 is 5.81. The first-order valence-corrected chi connectivity index (χ1v) is 9.76. The van der Waals surface area contributed by atoms with E-state index in [0.717, 1.165) is 37.7 Å². The summed E-state index contributed by atoms with van der Waals surface area (Å²) in [5, 5.41) is 8.99. The van der Waals surface area contributed by atoms with E-state index < -0.39 is 5.97 Å². The molecule has 2 aliphatic rings. The molecule has 4 nitrogen and oxygen atoms in total. The van der Waals surface area contributed by atoms with E-state index in [1.807, 2.05) is 6.92 Å². The van der Waals surface area contributed by atoms with Gasteiger partial charge in [-0.1, -0.05) is 38.0 Å². The molecule has 4 heteroatoms. The molecule has 5 atom stereocenters. The summed E-state index contributed by atoms with van der Waals surface area (Å²) in [6.45, 7) is 12.5. The molecule has 1 saturated carbocycles. The quantitative estimate of drug-likeness (QED) is 0.418. The Labute approximate surface area is 157 Å². The first kappa shape index (κ1) is 20.7. The lowest BCUT2D eigenvalue weighted by Crippen LogP contribution is -2.57. The highest BCUT2D eigenvalue weighted by atomic mass is 16.5. The number of rotatable bonds is 5. The van der Waals surface area contributed by atoms with Crippen molar-refractivity contribution in [2.24, 2.45) is 22.7 Å². The van der Waals surface area contributed by atoms with E-state index in [2.05, 4.69) is 33.8 Å². The number of hydrogen-bond acceptors (Lipinski definition) is 3. The van der Waals surface area contributed by atoms with Gasteiger partial charge in [0.15, 0.2) is 0 Å². The third kappa shape index (κ3) is 3.74. The van der Waals surface area contributed by atoms with Gasteiger partial charge in [-0.2, -0.15) is 0 Å². The summed E-state index contributed by atoms with van der Waals surface area (Å²) in [5.74, 6) is -0.246. The minimum atomic E-state index is -0.874. The van der Waals surface area contributed by atoms with E-state index in [-0.39, 0.29) is 22.9 Å². The normalized spacial score (nSPS) is 37.5. The molecular formula is C22H34O4. The van der Waals surface area contributed by atoms with Crippen LogP contribution in [0.2, 0.25) is 0 Å². The Kier molecular flexibility index (Phi) is 6.04. The molecule has 26 heavy (non-hydrogen) atoms. The summed E-state index contributed by atoms with van der Waals surface area (Å²) in [5.41, 5.74) is 2.19. The lowest BCUT2D eigenvalue weighted by Gasteiger charge is -2.60. The van der Waals surface area contributed by atoms with Crippen molar-refractivity contribution >= 4 is 11.9 Å². The number of fused-ring (bicyclic) bond motifs is 1. The molecule has 1 fully saturated rings. The standard InChI is InChI=1S/C22H34O4/c1-14(12-20(24)25)10-11-21(5)16(3)13-19(26-17(4)23)22(6)15(2)8-7-9-18(21)22/h8,12,16,18-19H,7,9-11,13H2,1-6H3,(H,24,25). The molecule has 2 rings (SSSR count). The molecule has 0 aromatic rings. The van der Waals surface area contributed by atoms with Crippen molar-refractivity contribution in [1.82, 2.24) is 0 Å². The van der Waals surface area contributed by atoms with E-state index in [1.165, 1.54) is 18.6 Å². The molecule has 0 spiro atoms. The highest BCUT2D eigenvalue weighted by Crippen LogP contribution is 2.62. The van der Waals surface area contributed by atoms with Gasteiger partial charge in [-0.25, -0.2) is 4.79 Å². The largest absolute Gasteiger partial charge is 0.478 e. The molecular weight excluding hydrogens is 328 g/mol. The minimum absolute atomic E-state index is 0.0831. The maximum atomic E-state index is 11.7. The van der Waals surface area contributed by atoms with E-state index in [4.69, 9.17) is 9.84 Å². The Morgan fingerprint density at radius 1 is 1.35 bits per heavy atom. The van der Waals surface area contributed by atoms with E-state index >= 15 is 0 Å². The van der Waals surface area contributed by atoms with Crippen LogP contribution in [0, 0.1) is 22.7 Å². The highest BCUT2D eigenvalue weighted by Gasteiger charge is 2.58. The number of allylic oxidation sites excluding steroid dienone is 2. The molecule has 2 aliphatic carbocycles. The van der Waals surface area contributed by atoms with Crippen LogP contribution in [0.25, 0.3) is 0 Å². The SMILES string of the molecule is CC(=O)OC1CC(C)C(C)(CCC(C)=CC(=O)O)C2CCC=C(C)C12C. The molecule has 146 valence electrons. The van der Waals surface area contributed by atoms with Gasteiger partial charge in [-0.3, -0.25) is 4.79 Å². The number of aliphatic carboxylic acids is 1. The fourth-order valence-corrected chi connectivity index (χ4v) is 5.47. The second kappa shape index (κ2) is 7.58. The second-order valence-electron chi connectivity index (χ2n) is 8.87. The van der Waals surface area contributed by atoms with E-state index in [9.17, 15) is 9.59 Å². The molecule has 0 aliphatic heterocycles. The zero-order chi connectivity index (χ0) is 19.7. The van der Waals surface area contributed by atoms with Gasteiger partial charge in [-0.15, -0.1) is 0 Å². The van der Waals surface area contributed by atoms with Crippen molar-refractivity contribution in [2.75, 3.05) is 0 Å². The van der Waals surface area contributed by atoms with Crippen molar-refractivity contribution in [2.45, 2.75) is 79.8 Å². The molecule has 0 amide bonds. The maximum Gasteiger partial charge on any atom is 0.328 e. The van der Waals surface area contributed by atoms with Crippen LogP contribution in [0.15, 0.2) is 23.3 Å². The molecule has 5 unspecified atom stereocenters. The van der Waals surface area contributed by atoms with Crippen molar-refractivity contribution in [3.63, 3.8) is 0 Å². The van der Waals surface area contributed by atoms with Crippen LogP contribution in [0.1, 0.15) is 73.6 Å². The fourth-order valence-electron chi connectivity index (χ4n) is 5.47. The minimum Gasteiger partial charge on any atom is -0.478 e. The third-order valence-corrected chi connectivity index (χ3v) is 7.37. The van der Waals surface area contributed by atoms with Gasteiger partial charge in [0.2, 0.25) is 0 Å². The van der Waals surface area contributed by atoms with Crippen molar-refractivity contribution in [3.8, 4) is 0 Å². The molecule has 0 radical (unpaired) electrons. The summed E-state index contributed by atoms with van der Waals surface area (Å²) in [7, 11) is 0. The monoisotopic (exact) mass is 362 g/mol. The Bertz CT molecular complexity index is 632. The van der Waals surface area contributed by atoms with Gasteiger partial charge in [0.05, 0.1) is 0 Å². The fraction of sp³-hybridized carbons (Fsp3) is 0.727. The van der Waals surface area contributed by atoms with Crippen LogP contribution in [0.3, 0.4) is 0 Å². The lowest BCUT2D eigenvalue weighted by atomic mass is 9.46. The number of carbonyl (C=O) groups is 2. The molecule has 0 aromatic heterocycles. The van der Waals surface area contributed by atoms with Crippen molar-refractivity contribution in [1.29, 1.82) is 0 Å². The predicted molar refractivity (Wildman–Crippen MR) is 103 cm³/mol. The van der Waals surface area contributed by atoms with Crippen LogP contribution in [-0.4, -0.2) is 23.1 Å². The zero-order valence-corrected chi connectivity index (χ0v) is 17.1. The molecule has 0 saturated heterocycles. The summed E-state index contributed by atoms with van der Waals surface area (Å²) in [6, 6.07) is 0. The van der Waals surface area contributed by atoms with Crippen molar-refractivity contribution < 1.29 is 19.4 Å². The van der Waals surface area contributed by atoms with Gasteiger partial charge in [0, 0.05) is 18.4 Å². The first-order chi connectivity index (χ1) is 12.0. The second-order valence-corrected chi connectivity index (χ2v) is 8.87. The lowest BCUT2D eigenvalue weighted by molar-refractivity contribution is -0.174. The number of carboxylic acid groups (broad SMARTS) is 1. The summed E-state index contributed by atoms with van der Waals surface area (Å²) in [4.78, 5) is 22.7. The van der Waals surface area contributed by atoms with Gasteiger partial charge in [0.1, 0.15) is 6.10 Å². The van der Waals surface area contributed by atoms with Crippen LogP contribution in [-0.2, 0) is 14.3 Å². The molecule has 0 heterocycles. The first-order valence-electron chi connectivity index (χ1n) is 9.76. The highest BCUT2D eigenvalue weighted by molar-refractivity contribution is 5.80. The van der Waals surface area contributed by atoms with Crippen molar-refractivity contribution in [3.05, 3.63) is 23.3 Å². The van der Waals surface area contributed by atoms with Gasteiger partial charge in [-0.05, 0) is 63.2 Å². The number of esters is 1. The maximum absolute atomic E-state index is 11.7. The Morgan fingerprint density at radius 3 is 2.58 bits per heavy atom. The number of carboxylic acids is 1. The number of hydrogen-bond donors (Lipinski definition) is 1.